The Balaban J connectivity index is 3.02. The average Bonchev–Trinajstić information content (AvgIpc) is 2.21. The highest BCUT2D eigenvalue weighted by Crippen LogP contribution is 2.24. The molecule has 1 rings (SSSR count). The van der Waals surface area contributed by atoms with Gasteiger partial charge in [0.1, 0.15) is 0 Å². The van der Waals surface area contributed by atoms with Crippen molar-refractivity contribution in [2.24, 2.45) is 0 Å². The van der Waals surface area contributed by atoms with Crippen molar-refractivity contribution in [2.75, 3.05) is 18.0 Å². The van der Waals surface area contributed by atoms with Crippen LogP contribution in [0.1, 0.15) is 5.56 Å². The Morgan fingerprint density at radius 1 is 1.27 bits per heavy atom. The van der Waals surface area contributed by atoms with Crippen molar-refractivity contribution in [3.8, 4) is 0 Å². The lowest BCUT2D eigenvalue weighted by Crippen LogP contribution is -2.23. The summed E-state index contributed by atoms with van der Waals surface area (Å²) >= 11 is 5.98. The molecule has 0 amide bonds. The fourth-order valence-electron chi connectivity index (χ4n) is 1.51. The molecule has 1 aromatic rings. The highest BCUT2D eigenvalue weighted by Gasteiger charge is 2.06. The second-order valence-corrected chi connectivity index (χ2v) is 3.85. The summed E-state index contributed by atoms with van der Waals surface area (Å²) in [5, 5.41) is 0.758. The van der Waals surface area contributed by atoms with E-state index in [9.17, 15) is 0 Å². The summed E-state index contributed by atoms with van der Waals surface area (Å²) in [5.41, 5.74) is 2.35. The molecule has 0 saturated heterocycles. The SMILES string of the molecule is C=CCN(CC=C)c1cc(Cl)ccc1C. The summed E-state index contributed by atoms with van der Waals surface area (Å²) in [6.45, 7) is 11.2. The molecule has 0 atom stereocenters. The van der Waals surface area contributed by atoms with E-state index in [0.29, 0.717) is 0 Å². The van der Waals surface area contributed by atoms with Gasteiger partial charge in [-0.15, -0.1) is 13.2 Å². The van der Waals surface area contributed by atoms with E-state index in [2.05, 4.69) is 25.0 Å². The summed E-state index contributed by atoms with van der Waals surface area (Å²) in [7, 11) is 0. The van der Waals surface area contributed by atoms with Crippen LogP contribution in [-0.4, -0.2) is 13.1 Å². The maximum absolute atomic E-state index is 5.98. The number of anilines is 1. The van der Waals surface area contributed by atoms with Gasteiger partial charge in [0.15, 0.2) is 0 Å². The summed E-state index contributed by atoms with van der Waals surface area (Å²) < 4.78 is 0. The third-order valence-corrected chi connectivity index (χ3v) is 2.45. The molecule has 80 valence electrons. The van der Waals surface area contributed by atoms with Gasteiger partial charge in [0.05, 0.1) is 0 Å². The third-order valence-electron chi connectivity index (χ3n) is 2.21. The van der Waals surface area contributed by atoms with Crippen molar-refractivity contribution in [3.63, 3.8) is 0 Å². The molecular formula is C13H16ClN. The van der Waals surface area contributed by atoms with Crippen LogP contribution in [0.15, 0.2) is 43.5 Å². The first kappa shape index (κ1) is 11.9. The van der Waals surface area contributed by atoms with E-state index in [-0.39, 0.29) is 0 Å². The van der Waals surface area contributed by atoms with Gasteiger partial charge in [-0.1, -0.05) is 29.8 Å². The van der Waals surface area contributed by atoms with E-state index in [1.807, 2.05) is 30.4 Å². The second-order valence-electron chi connectivity index (χ2n) is 3.41. The van der Waals surface area contributed by atoms with Crippen LogP contribution < -0.4 is 4.90 Å². The Morgan fingerprint density at radius 3 is 2.40 bits per heavy atom. The largest absolute Gasteiger partial charge is 0.364 e. The molecule has 2 heteroatoms. The molecule has 0 N–H and O–H groups in total. The van der Waals surface area contributed by atoms with Crippen molar-refractivity contribution in [3.05, 3.63) is 54.1 Å². The summed E-state index contributed by atoms with van der Waals surface area (Å²) in [4.78, 5) is 2.18. The molecule has 0 unspecified atom stereocenters. The molecule has 0 aliphatic rings. The average molecular weight is 222 g/mol. The van der Waals surface area contributed by atoms with Crippen molar-refractivity contribution in [1.82, 2.24) is 0 Å². The number of hydrogen-bond donors (Lipinski definition) is 0. The van der Waals surface area contributed by atoms with Crippen LogP contribution in [0.3, 0.4) is 0 Å². The standard InChI is InChI=1S/C13H16ClN/c1-4-8-15(9-5-2)13-10-12(14)7-6-11(13)3/h4-7,10H,1-2,8-9H2,3H3. The van der Waals surface area contributed by atoms with Crippen LogP contribution in [0.5, 0.6) is 0 Å². The lowest BCUT2D eigenvalue weighted by molar-refractivity contribution is 0.950. The zero-order valence-electron chi connectivity index (χ0n) is 9.04. The van der Waals surface area contributed by atoms with E-state index in [0.717, 1.165) is 23.8 Å². The van der Waals surface area contributed by atoms with Gasteiger partial charge in [-0.25, -0.2) is 0 Å². The molecule has 0 fully saturated rings. The van der Waals surface area contributed by atoms with Gasteiger partial charge in [-0.05, 0) is 24.6 Å². The lowest BCUT2D eigenvalue weighted by atomic mass is 10.2. The first-order valence-electron chi connectivity index (χ1n) is 4.92. The van der Waals surface area contributed by atoms with Gasteiger partial charge in [0, 0.05) is 23.8 Å². The van der Waals surface area contributed by atoms with Gasteiger partial charge >= 0.3 is 0 Å². The molecule has 0 heterocycles. The molecule has 0 aliphatic heterocycles. The van der Waals surface area contributed by atoms with Gasteiger partial charge in [-0.3, -0.25) is 0 Å². The molecule has 0 aromatic heterocycles. The van der Waals surface area contributed by atoms with Gasteiger partial charge in [0.2, 0.25) is 0 Å². The fraction of sp³-hybridized carbons (Fsp3) is 0.231. The number of nitrogens with zero attached hydrogens (tertiary/aromatic N) is 1. The van der Waals surface area contributed by atoms with E-state index in [1.54, 1.807) is 0 Å². The number of rotatable bonds is 5. The van der Waals surface area contributed by atoms with E-state index < -0.39 is 0 Å². The van der Waals surface area contributed by atoms with Crippen LogP contribution in [0.4, 0.5) is 5.69 Å². The molecular weight excluding hydrogens is 206 g/mol. The second kappa shape index (κ2) is 5.62. The number of halogens is 1. The van der Waals surface area contributed by atoms with Crippen LogP contribution in [0.25, 0.3) is 0 Å². The molecule has 0 bridgehead atoms. The first-order valence-corrected chi connectivity index (χ1v) is 5.29. The molecule has 15 heavy (non-hydrogen) atoms. The molecule has 1 nitrogen and oxygen atoms in total. The highest BCUT2D eigenvalue weighted by atomic mass is 35.5. The zero-order chi connectivity index (χ0) is 11.3. The molecule has 0 saturated carbocycles. The van der Waals surface area contributed by atoms with Crippen molar-refractivity contribution in [2.45, 2.75) is 6.92 Å². The Labute approximate surface area is 96.7 Å². The predicted molar refractivity (Wildman–Crippen MR) is 68.8 cm³/mol. The Hall–Kier alpha value is -1.21. The predicted octanol–water partition coefficient (Wildman–Crippen LogP) is 3.83. The van der Waals surface area contributed by atoms with Gasteiger partial charge in [0.25, 0.3) is 0 Å². The minimum absolute atomic E-state index is 0.758. The molecule has 0 spiro atoms. The summed E-state index contributed by atoms with van der Waals surface area (Å²) in [5.74, 6) is 0. The van der Waals surface area contributed by atoms with Crippen LogP contribution >= 0.6 is 11.6 Å². The zero-order valence-corrected chi connectivity index (χ0v) is 9.80. The number of benzene rings is 1. The smallest absolute Gasteiger partial charge is 0.0426 e. The van der Waals surface area contributed by atoms with Gasteiger partial charge in [-0.2, -0.15) is 0 Å². The minimum Gasteiger partial charge on any atom is -0.364 e. The Bertz CT molecular complexity index is 348. The highest BCUT2D eigenvalue weighted by molar-refractivity contribution is 6.30. The lowest BCUT2D eigenvalue weighted by Gasteiger charge is -2.23. The fourth-order valence-corrected chi connectivity index (χ4v) is 1.67. The van der Waals surface area contributed by atoms with E-state index in [4.69, 9.17) is 11.6 Å². The topological polar surface area (TPSA) is 3.24 Å². The minimum atomic E-state index is 0.758. The third kappa shape index (κ3) is 3.14. The number of hydrogen-bond acceptors (Lipinski definition) is 1. The van der Waals surface area contributed by atoms with Crippen LogP contribution in [0.2, 0.25) is 5.02 Å². The number of aryl methyl sites for hydroxylation is 1. The summed E-state index contributed by atoms with van der Waals surface area (Å²) in [6.07, 6.45) is 3.76. The molecule has 1 aromatic carbocycles. The Kier molecular flexibility index (Phi) is 4.44. The first-order chi connectivity index (χ1) is 7.19. The van der Waals surface area contributed by atoms with Crippen molar-refractivity contribution in [1.29, 1.82) is 0 Å². The van der Waals surface area contributed by atoms with Crippen molar-refractivity contribution >= 4 is 17.3 Å². The van der Waals surface area contributed by atoms with E-state index in [1.165, 1.54) is 5.56 Å². The molecule has 0 radical (unpaired) electrons. The van der Waals surface area contributed by atoms with Crippen LogP contribution in [-0.2, 0) is 0 Å². The van der Waals surface area contributed by atoms with Crippen LogP contribution in [0, 0.1) is 6.92 Å². The Morgan fingerprint density at radius 2 is 1.87 bits per heavy atom. The summed E-state index contributed by atoms with van der Waals surface area (Å²) in [6, 6.07) is 5.90. The van der Waals surface area contributed by atoms with E-state index >= 15 is 0 Å². The van der Waals surface area contributed by atoms with Crippen molar-refractivity contribution < 1.29 is 0 Å². The quantitative estimate of drug-likeness (QED) is 0.684. The monoisotopic (exact) mass is 221 g/mol. The normalized spacial score (nSPS) is 9.73. The maximum atomic E-state index is 5.98. The molecule has 0 aliphatic carbocycles. The van der Waals surface area contributed by atoms with Gasteiger partial charge < -0.3 is 4.90 Å². The maximum Gasteiger partial charge on any atom is 0.0426 e.